The van der Waals surface area contributed by atoms with Crippen LogP contribution >= 0.6 is 0 Å². The molecule has 1 aromatic carbocycles. The van der Waals surface area contributed by atoms with Gasteiger partial charge in [0.15, 0.2) is 0 Å². The van der Waals surface area contributed by atoms with Crippen LogP contribution in [-0.4, -0.2) is 37.3 Å². The monoisotopic (exact) mass is 304 g/mol. The van der Waals surface area contributed by atoms with Crippen molar-refractivity contribution in [2.24, 2.45) is 11.8 Å². The molecular weight excluding hydrogens is 280 g/mol. The van der Waals surface area contributed by atoms with Gasteiger partial charge >= 0.3 is 0 Å². The van der Waals surface area contributed by atoms with Crippen molar-refractivity contribution in [1.82, 2.24) is 0 Å². The van der Waals surface area contributed by atoms with E-state index in [4.69, 9.17) is 4.74 Å². The van der Waals surface area contributed by atoms with Crippen LogP contribution in [0.25, 0.3) is 0 Å². The van der Waals surface area contributed by atoms with Gasteiger partial charge in [-0.05, 0) is 0 Å². The summed E-state index contributed by atoms with van der Waals surface area (Å²) in [5, 5.41) is 12.1. The van der Waals surface area contributed by atoms with Crippen LogP contribution in [0.15, 0.2) is 30.3 Å². The highest BCUT2D eigenvalue weighted by molar-refractivity contribution is 6.91. The molecular formula is C17H24O3Si. The number of aliphatic hydroxyl groups is 1. The fraction of sp³-hybridized carbons (Fsp3) is 0.588. The second-order valence-electron chi connectivity index (χ2n) is 7.15. The number of hydrogen-bond acceptors (Lipinski definition) is 3. The predicted molar refractivity (Wildman–Crippen MR) is 85.3 cm³/mol. The van der Waals surface area contributed by atoms with Gasteiger partial charge in [0, 0.05) is 17.4 Å². The second-order valence-corrected chi connectivity index (χ2v) is 11.8. The average Bonchev–Trinajstić information content (AvgIpc) is 2.80. The summed E-state index contributed by atoms with van der Waals surface area (Å²) in [6.45, 7) is 8.41. The van der Waals surface area contributed by atoms with E-state index in [0.29, 0.717) is 0 Å². The van der Waals surface area contributed by atoms with Crippen LogP contribution in [0.4, 0.5) is 0 Å². The van der Waals surface area contributed by atoms with Crippen LogP contribution in [-0.2, 0) is 9.53 Å². The Bertz CT molecular complexity index is 542. The summed E-state index contributed by atoms with van der Waals surface area (Å²) >= 11 is 0. The number of carbonyl (C=O) groups is 1. The number of ketones is 1. The first kappa shape index (κ1) is 14.9. The van der Waals surface area contributed by atoms with Gasteiger partial charge in [0.1, 0.15) is 5.78 Å². The van der Waals surface area contributed by atoms with Crippen molar-refractivity contribution >= 4 is 19.0 Å². The van der Waals surface area contributed by atoms with Crippen molar-refractivity contribution in [1.29, 1.82) is 0 Å². The number of benzene rings is 1. The molecule has 2 saturated heterocycles. The summed E-state index contributed by atoms with van der Waals surface area (Å²) in [6.07, 6.45) is -0.976. The first-order valence-corrected chi connectivity index (χ1v) is 10.9. The lowest BCUT2D eigenvalue weighted by Crippen LogP contribution is -2.52. The highest BCUT2D eigenvalue weighted by Gasteiger charge is 2.60. The molecule has 2 aliphatic heterocycles. The molecule has 1 N–H and O–H groups in total. The maximum Gasteiger partial charge on any atom is 0.143 e. The molecule has 0 spiro atoms. The van der Waals surface area contributed by atoms with Crippen LogP contribution in [0.1, 0.15) is 13.8 Å². The fourth-order valence-electron chi connectivity index (χ4n) is 4.22. The van der Waals surface area contributed by atoms with Crippen molar-refractivity contribution in [2.75, 3.05) is 0 Å². The minimum atomic E-state index is -1.92. The SMILES string of the molecule is C[C@@H]1C(=O)[C@H](C)[C@H]2O[C@@H]1[C@H](O)[C@@H]2[Si](C)(C)c1ccccc1. The summed E-state index contributed by atoms with van der Waals surface area (Å²) < 4.78 is 6.09. The smallest absolute Gasteiger partial charge is 0.143 e. The van der Waals surface area contributed by atoms with Gasteiger partial charge in [0.2, 0.25) is 0 Å². The van der Waals surface area contributed by atoms with E-state index in [2.05, 4.69) is 37.4 Å². The Labute approximate surface area is 127 Å². The van der Waals surface area contributed by atoms with E-state index in [9.17, 15) is 9.90 Å². The number of rotatable bonds is 2. The molecule has 0 unspecified atom stereocenters. The standard InChI is InChI=1S/C17H24O3Si/c1-10-13(18)11(2)16-17(14(19)15(10)20-16)21(3,4)12-8-6-5-7-9-12/h5-11,14-17,19H,1-4H3/t10-,11+,14+,15+,16-,17+/m1/s1. The number of aliphatic hydroxyl groups excluding tert-OH is 1. The second kappa shape index (κ2) is 5.04. The highest BCUT2D eigenvalue weighted by Crippen LogP contribution is 2.48. The first-order chi connectivity index (χ1) is 9.85. The Kier molecular flexibility index (Phi) is 3.59. The Morgan fingerprint density at radius 2 is 1.62 bits per heavy atom. The lowest BCUT2D eigenvalue weighted by atomic mass is 9.88. The first-order valence-electron chi connectivity index (χ1n) is 7.78. The topological polar surface area (TPSA) is 46.5 Å². The van der Waals surface area contributed by atoms with Crippen molar-refractivity contribution in [3.05, 3.63) is 30.3 Å². The van der Waals surface area contributed by atoms with Crippen molar-refractivity contribution < 1.29 is 14.6 Å². The van der Waals surface area contributed by atoms with Gasteiger partial charge in [0.25, 0.3) is 0 Å². The van der Waals surface area contributed by atoms with E-state index in [1.165, 1.54) is 5.19 Å². The van der Waals surface area contributed by atoms with E-state index in [1.54, 1.807) is 0 Å². The quantitative estimate of drug-likeness (QED) is 0.850. The normalized spacial score (nSPS) is 39.6. The number of hydrogen-bond donors (Lipinski definition) is 1. The molecule has 0 amide bonds. The number of carbonyl (C=O) groups excluding carboxylic acids is 1. The molecule has 0 aliphatic carbocycles. The Balaban J connectivity index is 2.01. The van der Waals surface area contributed by atoms with Gasteiger partial charge in [-0.15, -0.1) is 0 Å². The maximum atomic E-state index is 12.4. The van der Waals surface area contributed by atoms with E-state index < -0.39 is 14.2 Å². The van der Waals surface area contributed by atoms with Crippen LogP contribution < -0.4 is 5.19 Å². The maximum absolute atomic E-state index is 12.4. The number of ether oxygens (including phenoxy) is 1. The molecule has 0 radical (unpaired) electrons. The molecule has 3 nitrogen and oxygen atoms in total. The molecule has 4 heteroatoms. The molecule has 114 valence electrons. The zero-order chi connectivity index (χ0) is 15.4. The van der Waals surface area contributed by atoms with Gasteiger partial charge in [0.05, 0.1) is 26.4 Å². The van der Waals surface area contributed by atoms with Gasteiger partial charge in [-0.2, -0.15) is 0 Å². The van der Waals surface area contributed by atoms with Crippen molar-refractivity contribution in [3.8, 4) is 0 Å². The van der Waals surface area contributed by atoms with E-state index in [-0.39, 0.29) is 35.4 Å². The molecule has 6 atom stereocenters. The predicted octanol–water partition coefficient (Wildman–Crippen LogP) is 1.96. The van der Waals surface area contributed by atoms with Crippen LogP contribution in [0.2, 0.25) is 18.6 Å². The fourth-order valence-corrected chi connectivity index (χ4v) is 7.89. The molecule has 21 heavy (non-hydrogen) atoms. The van der Waals surface area contributed by atoms with Crippen molar-refractivity contribution in [3.63, 3.8) is 0 Å². The molecule has 3 rings (SSSR count). The van der Waals surface area contributed by atoms with Gasteiger partial charge in [-0.25, -0.2) is 0 Å². The van der Waals surface area contributed by atoms with Crippen molar-refractivity contribution in [2.45, 2.75) is 50.8 Å². The summed E-state index contributed by atoms with van der Waals surface area (Å²) in [5.74, 6) is -0.0682. The Morgan fingerprint density at radius 1 is 1.05 bits per heavy atom. The van der Waals surface area contributed by atoms with E-state index >= 15 is 0 Å². The van der Waals surface area contributed by atoms with Gasteiger partial charge in [-0.1, -0.05) is 62.5 Å². The molecule has 2 aliphatic rings. The minimum Gasteiger partial charge on any atom is -0.390 e. The zero-order valence-electron chi connectivity index (χ0n) is 13.1. The largest absolute Gasteiger partial charge is 0.390 e. The molecule has 0 saturated carbocycles. The summed E-state index contributed by atoms with van der Waals surface area (Å²) in [4.78, 5) is 12.4. The summed E-state index contributed by atoms with van der Waals surface area (Å²) in [5.41, 5.74) is 0.0776. The van der Waals surface area contributed by atoms with Crippen LogP contribution in [0.5, 0.6) is 0 Å². The lowest BCUT2D eigenvalue weighted by molar-refractivity contribution is -0.147. The van der Waals surface area contributed by atoms with E-state index in [0.717, 1.165) is 0 Å². The lowest BCUT2D eigenvalue weighted by Gasteiger charge is -2.36. The summed E-state index contributed by atoms with van der Waals surface area (Å²) in [6, 6.07) is 10.4. The third-order valence-electron chi connectivity index (χ3n) is 5.61. The van der Waals surface area contributed by atoms with Crippen LogP contribution in [0.3, 0.4) is 0 Å². The third-order valence-corrected chi connectivity index (χ3v) is 9.77. The third kappa shape index (κ3) is 2.12. The molecule has 2 heterocycles. The molecule has 2 bridgehead atoms. The molecule has 1 aromatic rings. The highest BCUT2D eigenvalue weighted by atomic mass is 28.3. The molecule has 2 fully saturated rings. The van der Waals surface area contributed by atoms with Gasteiger partial charge in [-0.3, -0.25) is 4.79 Å². The molecule has 0 aromatic heterocycles. The zero-order valence-corrected chi connectivity index (χ0v) is 14.1. The summed E-state index contributed by atoms with van der Waals surface area (Å²) in [7, 11) is -1.92. The van der Waals surface area contributed by atoms with E-state index in [1.807, 2.05) is 19.9 Å². The Hall–Kier alpha value is -0.973. The number of fused-ring (bicyclic) bond motifs is 2. The number of Topliss-reactive ketones (excluding diaryl/α,β-unsaturated/α-hetero) is 1. The minimum absolute atomic E-state index is 0.0776. The average molecular weight is 304 g/mol. The van der Waals surface area contributed by atoms with Gasteiger partial charge < -0.3 is 9.84 Å². The Morgan fingerprint density at radius 3 is 2.24 bits per heavy atom. The van der Waals surface area contributed by atoms with Crippen LogP contribution in [0, 0.1) is 11.8 Å².